The van der Waals surface area contributed by atoms with Crippen LogP contribution in [0.5, 0.6) is 5.75 Å². The van der Waals surface area contributed by atoms with Crippen LogP contribution < -0.4 is 4.74 Å². The summed E-state index contributed by atoms with van der Waals surface area (Å²) in [4.78, 5) is 0. The number of rotatable bonds is 1. The Bertz CT molecular complexity index is 177. The lowest BCUT2D eigenvalue weighted by Gasteiger charge is -1.93. The summed E-state index contributed by atoms with van der Waals surface area (Å²) in [6, 6.07) is 9.68. The van der Waals surface area contributed by atoms with Crippen molar-refractivity contribution < 1.29 is 4.74 Å². The maximum Gasteiger partial charge on any atom is 0.118 e. The van der Waals surface area contributed by atoms with Crippen molar-refractivity contribution >= 4 is 0 Å². The van der Waals surface area contributed by atoms with E-state index in [1.54, 1.807) is 7.11 Å². The molecular weight excluding hydrogens is 148 g/mol. The number of benzene rings is 1. The second kappa shape index (κ2) is 6.71. The zero-order valence-electron chi connectivity index (χ0n) is 8.37. The third kappa shape index (κ3) is 7.13. The van der Waals surface area contributed by atoms with Gasteiger partial charge in [-0.25, -0.2) is 0 Å². The van der Waals surface area contributed by atoms with Gasteiger partial charge in [-0.3, -0.25) is 0 Å². The van der Waals surface area contributed by atoms with E-state index >= 15 is 0 Å². The van der Waals surface area contributed by atoms with E-state index in [4.69, 9.17) is 4.74 Å². The van der Waals surface area contributed by atoms with Gasteiger partial charge in [0, 0.05) is 0 Å². The van der Waals surface area contributed by atoms with Crippen LogP contribution in [0.15, 0.2) is 30.3 Å². The standard InChI is InChI=1S/C7H8O.C4H10/c1-8-7-5-3-2-4-6-7;1-4(2)3/h2-6H,1H3;4H,1-3H3. The Kier molecular flexibility index (Phi) is 6.16. The Balaban J connectivity index is 0.000000261. The third-order valence-corrected chi connectivity index (χ3v) is 0.979. The van der Waals surface area contributed by atoms with Crippen LogP contribution in [0.25, 0.3) is 0 Å². The van der Waals surface area contributed by atoms with Gasteiger partial charge in [-0.05, 0) is 18.1 Å². The van der Waals surface area contributed by atoms with Gasteiger partial charge in [-0.2, -0.15) is 0 Å². The van der Waals surface area contributed by atoms with Gasteiger partial charge in [0.05, 0.1) is 7.11 Å². The summed E-state index contributed by atoms with van der Waals surface area (Å²) in [5.41, 5.74) is 0. The van der Waals surface area contributed by atoms with Gasteiger partial charge in [0.15, 0.2) is 0 Å². The molecule has 0 atom stereocenters. The minimum atomic E-state index is 0.833. The van der Waals surface area contributed by atoms with Gasteiger partial charge in [0.1, 0.15) is 5.75 Å². The van der Waals surface area contributed by atoms with E-state index in [9.17, 15) is 0 Å². The summed E-state index contributed by atoms with van der Waals surface area (Å²) >= 11 is 0. The fourth-order valence-corrected chi connectivity index (χ4v) is 0.557. The van der Waals surface area contributed by atoms with Gasteiger partial charge in [0.2, 0.25) is 0 Å². The summed E-state index contributed by atoms with van der Waals surface area (Å²) in [6.07, 6.45) is 0. The van der Waals surface area contributed by atoms with Crippen LogP contribution >= 0.6 is 0 Å². The number of hydrogen-bond donors (Lipinski definition) is 0. The van der Waals surface area contributed by atoms with Gasteiger partial charge in [-0.1, -0.05) is 39.0 Å². The molecule has 0 N–H and O–H groups in total. The van der Waals surface area contributed by atoms with Crippen molar-refractivity contribution in [3.05, 3.63) is 30.3 Å². The lowest BCUT2D eigenvalue weighted by atomic mass is 10.3. The molecule has 0 aliphatic rings. The van der Waals surface area contributed by atoms with Gasteiger partial charge < -0.3 is 4.74 Å². The van der Waals surface area contributed by atoms with Crippen LogP contribution in [-0.4, -0.2) is 7.11 Å². The van der Waals surface area contributed by atoms with Crippen molar-refractivity contribution in [1.29, 1.82) is 0 Å². The highest BCUT2D eigenvalue weighted by atomic mass is 16.5. The molecule has 12 heavy (non-hydrogen) atoms. The first kappa shape index (κ1) is 11.0. The topological polar surface area (TPSA) is 9.23 Å². The molecule has 0 aliphatic carbocycles. The molecule has 0 heterocycles. The third-order valence-electron chi connectivity index (χ3n) is 0.979. The summed E-state index contributed by atoms with van der Waals surface area (Å²) in [5, 5.41) is 0. The van der Waals surface area contributed by atoms with E-state index in [2.05, 4.69) is 20.8 Å². The van der Waals surface area contributed by atoms with Crippen molar-refractivity contribution in [1.82, 2.24) is 0 Å². The molecule has 0 unspecified atom stereocenters. The molecule has 0 saturated heterocycles. The fourth-order valence-electron chi connectivity index (χ4n) is 0.557. The van der Waals surface area contributed by atoms with Gasteiger partial charge in [0.25, 0.3) is 0 Å². The lowest BCUT2D eigenvalue weighted by Crippen LogP contribution is -1.78. The van der Waals surface area contributed by atoms with Crippen molar-refractivity contribution in [2.45, 2.75) is 20.8 Å². The maximum atomic E-state index is 4.91. The van der Waals surface area contributed by atoms with E-state index < -0.39 is 0 Å². The first-order valence-electron chi connectivity index (χ1n) is 4.26. The van der Waals surface area contributed by atoms with Crippen molar-refractivity contribution in [3.63, 3.8) is 0 Å². The van der Waals surface area contributed by atoms with Crippen molar-refractivity contribution in [3.8, 4) is 5.75 Å². The zero-order valence-corrected chi connectivity index (χ0v) is 8.37. The second-order valence-electron chi connectivity index (χ2n) is 3.25. The number of methoxy groups -OCH3 is 1. The molecule has 0 amide bonds. The normalized spacial score (nSPS) is 8.75. The average Bonchev–Trinajstić information content (AvgIpc) is 2.05. The summed E-state index contributed by atoms with van der Waals surface area (Å²) in [5.74, 6) is 1.74. The van der Waals surface area contributed by atoms with E-state index in [0.717, 1.165) is 11.7 Å². The molecule has 0 aliphatic heterocycles. The highest BCUT2D eigenvalue weighted by Gasteiger charge is 1.80. The lowest BCUT2D eigenvalue weighted by molar-refractivity contribution is 0.415. The first-order chi connectivity index (χ1) is 5.66. The fraction of sp³-hybridized carbons (Fsp3) is 0.455. The predicted octanol–water partition coefficient (Wildman–Crippen LogP) is 3.36. The molecule has 0 aromatic heterocycles. The molecule has 0 bridgehead atoms. The minimum Gasteiger partial charge on any atom is -0.497 e. The highest BCUT2D eigenvalue weighted by Crippen LogP contribution is 2.05. The SMILES string of the molecule is CC(C)C.COc1ccccc1. The molecule has 0 radical (unpaired) electrons. The first-order valence-corrected chi connectivity index (χ1v) is 4.26. The van der Waals surface area contributed by atoms with Crippen molar-refractivity contribution in [2.75, 3.05) is 7.11 Å². The smallest absolute Gasteiger partial charge is 0.118 e. The Hall–Kier alpha value is -0.980. The largest absolute Gasteiger partial charge is 0.497 e. The minimum absolute atomic E-state index is 0.833. The second-order valence-corrected chi connectivity index (χ2v) is 3.25. The van der Waals surface area contributed by atoms with E-state index in [1.807, 2.05) is 30.3 Å². The Morgan fingerprint density at radius 1 is 1.00 bits per heavy atom. The van der Waals surface area contributed by atoms with Crippen molar-refractivity contribution in [2.24, 2.45) is 5.92 Å². The summed E-state index contributed by atoms with van der Waals surface area (Å²) in [6.45, 7) is 6.50. The number of ether oxygens (including phenoxy) is 1. The average molecular weight is 166 g/mol. The predicted molar refractivity (Wildman–Crippen MR) is 53.5 cm³/mol. The van der Waals surface area contributed by atoms with Crippen LogP contribution in [0.4, 0.5) is 0 Å². The Morgan fingerprint density at radius 2 is 1.42 bits per heavy atom. The summed E-state index contributed by atoms with van der Waals surface area (Å²) < 4.78 is 4.91. The summed E-state index contributed by atoms with van der Waals surface area (Å²) in [7, 11) is 1.66. The highest BCUT2D eigenvalue weighted by molar-refractivity contribution is 5.20. The molecule has 1 aromatic carbocycles. The quantitative estimate of drug-likeness (QED) is 0.621. The molecular formula is C11H18O. The van der Waals surface area contributed by atoms with Crippen LogP contribution in [0.3, 0.4) is 0 Å². The number of para-hydroxylation sites is 1. The Morgan fingerprint density at radius 3 is 1.67 bits per heavy atom. The van der Waals surface area contributed by atoms with E-state index in [-0.39, 0.29) is 0 Å². The molecule has 0 saturated carbocycles. The Labute approximate surface area is 75.4 Å². The van der Waals surface area contributed by atoms with E-state index in [1.165, 1.54) is 0 Å². The maximum absolute atomic E-state index is 4.91. The van der Waals surface area contributed by atoms with Gasteiger partial charge >= 0.3 is 0 Å². The molecule has 0 fully saturated rings. The molecule has 1 aromatic rings. The molecule has 68 valence electrons. The van der Waals surface area contributed by atoms with Crippen LogP contribution in [0.2, 0.25) is 0 Å². The van der Waals surface area contributed by atoms with E-state index in [0.29, 0.717) is 0 Å². The number of hydrogen-bond acceptors (Lipinski definition) is 1. The van der Waals surface area contributed by atoms with Gasteiger partial charge in [-0.15, -0.1) is 0 Å². The van der Waals surface area contributed by atoms with Crippen LogP contribution in [-0.2, 0) is 0 Å². The van der Waals surface area contributed by atoms with Crippen LogP contribution in [0.1, 0.15) is 20.8 Å². The zero-order chi connectivity index (χ0) is 9.40. The molecule has 1 rings (SSSR count). The molecule has 1 heteroatoms. The monoisotopic (exact) mass is 166 g/mol. The molecule has 1 nitrogen and oxygen atoms in total. The molecule has 0 spiro atoms. The van der Waals surface area contributed by atoms with Crippen LogP contribution in [0, 0.1) is 5.92 Å².